The molecule has 1 nitrogen and oxygen atoms in total. The van der Waals surface area contributed by atoms with E-state index >= 15 is 0 Å². The summed E-state index contributed by atoms with van der Waals surface area (Å²) in [6.07, 6.45) is 2.35. The molecule has 0 spiro atoms. The summed E-state index contributed by atoms with van der Waals surface area (Å²) in [7, 11) is 0. The summed E-state index contributed by atoms with van der Waals surface area (Å²) in [6, 6.07) is 18.2. The van der Waals surface area contributed by atoms with Gasteiger partial charge in [-0.15, -0.1) is 0 Å². The van der Waals surface area contributed by atoms with E-state index in [0.717, 1.165) is 13.0 Å². The molecule has 1 unspecified atom stereocenters. The smallest absolute Gasteiger partial charge is 0.0291 e. The molecule has 0 aliphatic heterocycles. The molecular weight excluding hydrogens is 242 g/mol. The van der Waals surface area contributed by atoms with Crippen molar-refractivity contribution >= 4 is 0 Å². The van der Waals surface area contributed by atoms with Crippen LogP contribution < -0.4 is 5.32 Å². The van der Waals surface area contributed by atoms with Crippen molar-refractivity contribution in [1.82, 2.24) is 5.32 Å². The molecule has 1 atom stereocenters. The minimum Gasteiger partial charge on any atom is -0.310 e. The van der Waals surface area contributed by atoms with Crippen LogP contribution in [0.2, 0.25) is 0 Å². The Labute approximate surface area is 123 Å². The topological polar surface area (TPSA) is 12.0 Å². The molecule has 0 aliphatic rings. The van der Waals surface area contributed by atoms with E-state index in [2.05, 4.69) is 74.6 Å². The van der Waals surface area contributed by atoms with Crippen LogP contribution in [0.4, 0.5) is 0 Å². The fourth-order valence-electron chi connectivity index (χ4n) is 2.61. The zero-order valence-electron chi connectivity index (χ0n) is 12.8. The fraction of sp³-hybridized carbons (Fsp3) is 0.368. The lowest BCUT2D eigenvalue weighted by Crippen LogP contribution is -2.17. The number of nitrogens with one attached hydrogen (secondary N) is 1. The van der Waals surface area contributed by atoms with Gasteiger partial charge in [-0.05, 0) is 48.2 Å². The maximum atomic E-state index is 3.47. The van der Waals surface area contributed by atoms with Crippen LogP contribution in [0.25, 0.3) is 11.1 Å². The lowest BCUT2D eigenvalue weighted by molar-refractivity contribution is 0.598. The van der Waals surface area contributed by atoms with Crippen LogP contribution in [-0.4, -0.2) is 6.54 Å². The van der Waals surface area contributed by atoms with Crippen LogP contribution in [0, 0.1) is 0 Å². The van der Waals surface area contributed by atoms with Gasteiger partial charge in [0.1, 0.15) is 0 Å². The van der Waals surface area contributed by atoms with Crippen molar-refractivity contribution in [1.29, 1.82) is 0 Å². The number of benzene rings is 2. The van der Waals surface area contributed by atoms with Gasteiger partial charge >= 0.3 is 0 Å². The third-order valence-electron chi connectivity index (χ3n) is 3.70. The molecule has 2 rings (SSSR count). The molecule has 0 fully saturated rings. The SMILES string of the molecule is CCCc1cccc(-c2cccc(C(C)NCC)c2)c1. The van der Waals surface area contributed by atoms with Gasteiger partial charge in [0.25, 0.3) is 0 Å². The van der Waals surface area contributed by atoms with E-state index in [-0.39, 0.29) is 0 Å². The molecule has 0 aromatic heterocycles. The zero-order chi connectivity index (χ0) is 14.4. The van der Waals surface area contributed by atoms with Gasteiger partial charge in [-0.25, -0.2) is 0 Å². The van der Waals surface area contributed by atoms with Crippen LogP contribution in [0.1, 0.15) is 44.4 Å². The molecule has 1 heteroatoms. The standard InChI is InChI=1S/C19H25N/c1-4-8-16-9-6-11-18(13-16)19-12-7-10-17(14-19)15(3)20-5-2/h6-7,9-15,20H,4-5,8H2,1-3H3. The van der Waals surface area contributed by atoms with Gasteiger partial charge in [-0.3, -0.25) is 0 Å². The predicted molar refractivity (Wildman–Crippen MR) is 88.0 cm³/mol. The molecule has 106 valence electrons. The van der Waals surface area contributed by atoms with Crippen LogP contribution >= 0.6 is 0 Å². The summed E-state index contributed by atoms with van der Waals surface area (Å²) in [6.45, 7) is 7.59. The summed E-state index contributed by atoms with van der Waals surface area (Å²) < 4.78 is 0. The number of rotatable bonds is 6. The minimum atomic E-state index is 0.402. The molecule has 0 radical (unpaired) electrons. The maximum Gasteiger partial charge on any atom is 0.0291 e. The second kappa shape index (κ2) is 7.25. The van der Waals surface area contributed by atoms with Gasteiger partial charge in [0, 0.05) is 6.04 Å². The van der Waals surface area contributed by atoms with Gasteiger partial charge in [-0.2, -0.15) is 0 Å². The van der Waals surface area contributed by atoms with E-state index in [1.807, 2.05) is 0 Å². The van der Waals surface area contributed by atoms with Crippen LogP contribution in [-0.2, 0) is 6.42 Å². The molecule has 0 bridgehead atoms. The Balaban J connectivity index is 2.28. The van der Waals surface area contributed by atoms with Crippen molar-refractivity contribution < 1.29 is 0 Å². The molecule has 20 heavy (non-hydrogen) atoms. The first-order valence-corrected chi connectivity index (χ1v) is 7.67. The lowest BCUT2D eigenvalue weighted by atomic mass is 9.98. The normalized spacial score (nSPS) is 12.3. The Morgan fingerprint density at radius 2 is 1.65 bits per heavy atom. The number of hydrogen-bond donors (Lipinski definition) is 1. The molecule has 2 aromatic carbocycles. The third kappa shape index (κ3) is 3.71. The monoisotopic (exact) mass is 267 g/mol. The van der Waals surface area contributed by atoms with Gasteiger partial charge < -0.3 is 5.32 Å². The predicted octanol–water partition coefficient (Wildman–Crippen LogP) is 4.98. The summed E-state index contributed by atoms with van der Waals surface area (Å²) in [4.78, 5) is 0. The van der Waals surface area contributed by atoms with Crippen molar-refractivity contribution in [3.63, 3.8) is 0 Å². The first-order valence-electron chi connectivity index (χ1n) is 7.67. The Kier molecular flexibility index (Phi) is 5.37. The highest BCUT2D eigenvalue weighted by atomic mass is 14.9. The van der Waals surface area contributed by atoms with Crippen molar-refractivity contribution in [2.75, 3.05) is 6.54 Å². The molecular formula is C19H25N. The first kappa shape index (κ1) is 14.8. The van der Waals surface area contributed by atoms with E-state index in [0.29, 0.717) is 6.04 Å². The molecule has 0 amide bonds. The Morgan fingerprint density at radius 3 is 2.35 bits per heavy atom. The van der Waals surface area contributed by atoms with E-state index in [1.54, 1.807) is 0 Å². The Bertz CT molecular complexity index is 545. The van der Waals surface area contributed by atoms with Gasteiger partial charge in [0.05, 0.1) is 0 Å². The molecule has 1 N–H and O–H groups in total. The van der Waals surface area contributed by atoms with Crippen molar-refractivity contribution in [3.05, 3.63) is 59.7 Å². The van der Waals surface area contributed by atoms with E-state index in [4.69, 9.17) is 0 Å². The van der Waals surface area contributed by atoms with Gasteiger partial charge in [0.15, 0.2) is 0 Å². The lowest BCUT2D eigenvalue weighted by Gasteiger charge is -2.14. The average molecular weight is 267 g/mol. The largest absolute Gasteiger partial charge is 0.310 e. The summed E-state index contributed by atoms with van der Waals surface area (Å²) >= 11 is 0. The second-order valence-electron chi connectivity index (χ2n) is 5.36. The fourth-order valence-corrected chi connectivity index (χ4v) is 2.61. The molecule has 2 aromatic rings. The second-order valence-corrected chi connectivity index (χ2v) is 5.36. The maximum absolute atomic E-state index is 3.47. The van der Waals surface area contributed by atoms with Crippen LogP contribution in [0.15, 0.2) is 48.5 Å². The third-order valence-corrected chi connectivity index (χ3v) is 3.70. The quantitative estimate of drug-likeness (QED) is 0.778. The van der Waals surface area contributed by atoms with Crippen molar-refractivity contribution in [2.45, 2.75) is 39.7 Å². The summed E-state index contributed by atoms with van der Waals surface area (Å²) in [5.74, 6) is 0. The zero-order valence-corrected chi connectivity index (χ0v) is 12.8. The van der Waals surface area contributed by atoms with Crippen molar-refractivity contribution in [2.24, 2.45) is 0 Å². The van der Waals surface area contributed by atoms with Crippen LogP contribution in [0.5, 0.6) is 0 Å². The molecule has 0 saturated heterocycles. The molecule has 0 saturated carbocycles. The number of hydrogen-bond acceptors (Lipinski definition) is 1. The van der Waals surface area contributed by atoms with E-state index in [9.17, 15) is 0 Å². The summed E-state index contributed by atoms with van der Waals surface area (Å²) in [5.41, 5.74) is 5.41. The van der Waals surface area contributed by atoms with Gasteiger partial charge in [-0.1, -0.05) is 62.7 Å². The average Bonchev–Trinajstić information content (AvgIpc) is 2.48. The van der Waals surface area contributed by atoms with E-state index in [1.165, 1.54) is 28.7 Å². The van der Waals surface area contributed by atoms with Crippen LogP contribution in [0.3, 0.4) is 0 Å². The van der Waals surface area contributed by atoms with E-state index < -0.39 is 0 Å². The number of aryl methyl sites for hydroxylation is 1. The highest BCUT2D eigenvalue weighted by Gasteiger charge is 2.05. The summed E-state index contributed by atoms with van der Waals surface area (Å²) in [5, 5.41) is 3.47. The molecule has 0 aliphatic carbocycles. The highest BCUT2D eigenvalue weighted by molar-refractivity contribution is 5.65. The van der Waals surface area contributed by atoms with Gasteiger partial charge in [0.2, 0.25) is 0 Å². The molecule has 0 heterocycles. The first-order chi connectivity index (χ1) is 9.74. The Hall–Kier alpha value is -1.60. The Morgan fingerprint density at radius 1 is 0.950 bits per heavy atom. The minimum absolute atomic E-state index is 0.402. The van der Waals surface area contributed by atoms with Crippen molar-refractivity contribution in [3.8, 4) is 11.1 Å². The highest BCUT2D eigenvalue weighted by Crippen LogP contribution is 2.24.